The maximum atomic E-state index is 11.9. The third kappa shape index (κ3) is 5.56. The fraction of sp³-hybridized carbons (Fsp3) is 0.333. The van der Waals surface area contributed by atoms with Gasteiger partial charge in [0, 0.05) is 23.8 Å². The van der Waals surface area contributed by atoms with Gasteiger partial charge in [0.2, 0.25) is 5.91 Å². The van der Waals surface area contributed by atoms with Gasteiger partial charge in [0.25, 0.3) is 5.91 Å². The van der Waals surface area contributed by atoms with Crippen LogP contribution in [0.2, 0.25) is 0 Å². The first-order valence-electron chi connectivity index (χ1n) is 6.55. The number of carbonyl (C=O) groups is 2. The van der Waals surface area contributed by atoms with Gasteiger partial charge < -0.3 is 16.0 Å². The van der Waals surface area contributed by atoms with Gasteiger partial charge in [-0.3, -0.25) is 9.59 Å². The van der Waals surface area contributed by atoms with Gasteiger partial charge in [-0.15, -0.1) is 6.58 Å². The smallest absolute Gasteiger partial charge is 0.251 e. The Morgan fingerprint density at radius 2 is 2.10 bits per heavy atom. The van der Waals surface area contributed by atoms with Crippen molar-refractivity contribution in [3.63, 3.8) is 0 Å². The van der Waals surface area contributed by atoms with Crippen LogP contribution >= 0.6 is 0 Å². The summed E-state index contributed by atoms with van der Waals surface area (Å²) in [5.74, 6) is -0.248. The molecule has 1 rings (SSSR count). The Labute approximate surface area is 119 Å². The third-order valence-corrected chi connectivity index (χ3v) is 2.44. The summed E-state index contributed by atoms with van der Waals surface area (Å²) in [5, 5.41) is 8.46. The number of anilines is 1. The normalized spacial score (nSPS) is 9.95. The molecule has 0 aliphatic heterocycles. The molecule has 1 aromatic rings. The van der Waals surface area contributed by atoms with Crippen LogP contribution in [0.4, 0.5) is 5.69 Å². The Balaban J connectivity index is 2.57. The number of rotatable bonds is 7. The average Bonchev–Trinajstić information content (AvgIpc) is 2.42. The van der Waals surface area contributed by atoms with Crippen LogP contribution < -0.4 is 16.0 Å². The molecule has 0 spiro atoms. The summed E-state index contributed by atoms with van der Waals surface area (Å²) in [6.45, 7) is 7.94. The molecule has 1 aromatic carbocycles. The second-order valence-electron chi connectivity index (χ2n) is 4.66. The summed E-state index contributed by atoms with van der Waals surface area (Å²) in [6.07, 6.45) is 1.62. The highest BCUT2D eigenvalue weighted by Gasteiger charge is 2.07. The van der Waals surface area contributed by atoms with Crippen molar-refractivity contribution in [1.29, 1.82) is 0 Å². The highest BCUT2D eigenvalue weighted by molar-refractivity contribution is 5.95. The zero-order valence-corrected chi connectivity index (χ0v) is 11.9. The molecule has 0 atom stereocenters. The SMILES string of the molecule is C=CCNC(=O)CNc1cccc(C(=O)NC(C)C)c1. The fourth-order valence-electron chi connectivity index (χ4n) is 1.55. The van der Waals surface area contributed by atoms with Gasteiger partial charge >= 0.3 is 0 Å². The monoisotopic (exact) mass is 275 g/mol. The molecule has 0 saturated carbocycles. The van der Waals surface area contributed by atoms with Gasteiger partial charge in [-0.2, -0.15) is 0 Å². The zero-order valence-electron chi connectivity index (χ0n) is 11.9. The van der Waals surface area contributed by atoms with Crippen molar-refractivity contribution in [3.05, 3.63) is 42.5 Å². The molecular formula is C15H21N3O2. The number of hydrogen-bond acceptors (Lipinski definition) is 3. The maximum Gasteiger partial charge on any atom is 0.251 e. The lowest BCUT2D eigenvalue weighted by atomic mass is 10.2. The third-order valence-electron chi connectivity index (χ3n) is 2.44. The maximum absolute atomic E-state index is 11.9. The van der Waals surface area contributed by atoms with E-state index in [9.17, 15) is 9.59 Å². The van der Waals surface area contributed by atoms with Crippen molar-refractivity contribution in [2.75, 3.05) is 18.4 Å². The molecule has 5 nitrogen and oxygen atoms in total. The summed E-state index contributed by atoms with van der Waals surface area (Å²) in [6, 6.07) is 7.13. The molecule has 2 amide bonds. The molecule has 0 aliphatic rings. The largest absolute Gasteiger partial charge is 0.376 e. The Bertz CT molecular complexity index is 484. The zero-order chi connectivity index (χ0) is 15.0. The molecule has 0 aromatic heterocycles. The van der Waals surface area contributed by atoms with Crippen LogP contribution in [0.3, 0.4) is 0 Å². The highest BCUT2D eigenvalue weighted by Crippen LogP contribution is 2.10. The fourth-order valence-corrected chi connectivity index (χ4v) is 1.55. The molecule has 0 heterocycles. The summed E-state index contributed by atoms with van der Waals surface area (Å²) in [4.78, 5) is 23.3. The van der Waals surface area contributed by atoms with E-state index in [-0.39, 0.29) is 24.4 Å². The predicted molar refractivity (Wildman–Crippen MR) is 80.7 cm³/mol. The van der Waals surface area contributed by atoms with Crippen LogP contribution in [0.1, 0.15) is 24.2 Å². The molecule has 0 unspecified atom stereocenters. The van der Waals surface area contributed by atoms with Crippen LogP contribution in [0.15, 0.2) is 36.9 Å². The summed E-state index contributed by atoms with van der Waals surface area (Å²) in [5.41, 5.74) is 1.30. The number of amides is 2. The van der Waals surface area contributed by atoms with Crippen molar-refractivity contribution in [3.8, 4) is 0 Å². The lowest BCUT2D eigenvalue weighted by Gasteiger charge is -2.10. The van der Waals surface area contributed by atoms with Gasteiger partial charge in [-0.05, 0) is 32.0 Å². The topological polar surface area (TPSA) is 70.2 Å². The Morgan fingerprint density at radius 1 is 1.35 bits per heavy atom. The van der Waals surface area contributed by atoms with Crippen molar-refractivity contribution in [1.82, 2.24) is 10.6 Å². The molecule has 5 heteroatoms. The molecule has 3 N–H and O–H groups in total. The minimum Gasteiger partial charge on any atom is -0.376 e. The second-order valence-corrected chi connectivity index (χ2v) is 4.66. The number of nitrogens with one attached hydrogen (secondary N) is 3. The molecule has 0 fully saturated rings. The second kappa shape index (κ2) is 7.99. The summed E-state index contributed by atoms with van der Waals surface area (Å²) in [7, 11) is 0. The number of benzene rings is 1. The number of hydrogen-bond donors (Lipinski definition) is 3. The van der Waals surface area contributed by atoms with Crippen LogP contribution in [-0.2, 0) is 4.79 Å². The quantitative estimate of drug-likeness (QED) is 0.661. The van der Waals surface area contributed by atoms with Gasteiger partial charge in [0.05, 0.1) is 6.54 Å². The van der Waals surface area contributed by atoms with Crippen molar-refractivity contribution < 1.29 is 9.59 Å². The van der Waals surface area contributed by atoms with E-state index in [0.29, 0.717) is 12.1 Å². The molecule has 0 saturated heterocycles. The van der Waals surface area contributed by atoms with E-state index < -0.39 is 0 Å². The van der Waals surface area contributed by atoms with Crippen LogP contribution in [0.25, 0.3) is 0 Å². The minimum atomic E-state index is -0.125. The van der Waals surface area contributed by atoms with E-state index in [1.807, 2.05) is 19.9 Å². The van der Waals surface area contributed by atoms with Crippen LogP contribution in [0, 0.1) is 0 Å². The first kappa shape index (κ1) is 15.8. The molecule has 20 heavy (non-hydrogen) atoms. The van der Waals surface area contributed by atoms with E-state index in [1.165, 1.54) is 0 Å². The van der Waals surface area contributed by atoms with Gasteiger partial charge in [-0.1, -0.05) is 12.1 Å². The molecular weight excluding hydrogens is 254 g/mol. The summed E-state index contributed by atoms with van der Waals surface area (Å²) >= 11 is 0. The van der Waals surface area contributed by atoms with Crippen LogP contribution in [-0.4, -0.2) is 30.9 Å². The first-order chi connectivity index (χ1) is 9.52. The van der Waals surface area contributed by atoms with Crippen molar-refractivity contribution >= 4 is 17.5 Å². The van der Waals surface area contributed by atoms with Crippen molar-refractivity contribution in [2.45, 2.75) is 19.9 Å². The van der Waals surface area contributed by atoms with E-state index >= 15 is 0 Å². The Morgan fingerprint density at radius 3 is 2.75 bits per heavy atom. The average molecular weight is 275 g/mol. The van der Waals surface area contributed by atoms with Crippen LogP contribution in [0.5, 0.6) is 0 Å². The Kier molecular flexibility index (Phi) is 6.29. The van der Waals surface area contributed by atoms with E-state index in [1.54, 1.807) is 24.3 Å². The standard InChI is InChI=1S/C15H21N3O2/c1-4-8-16-14(19)10-17-13-7-5-6-12(9-13)15(20)18-11(2)3/h4-7,9,11,17H,1,8,10H2,2-3H3,(H,16,19)(H,18,20). The highest BCUT2D eigenvalue weighted by atomic mass is 16.2. The minimum absolute atomic E-state index is 0.0868. The van der Waals surface area contributed by atoms with Gasteiger partial charge in [0.1, 0.15) is 0 Å². The molecule has 0 radical (unpaired) electrons. The Hall–Kier alpha value is -2.30. The first-order valence-corrected chi connectivity index (χ1v) is 6.55. The lowest BCUT2D eigenvalue weighted by Crippen LogP contribution is -2.30. The van der Waals surface area contributed by atoms with Crippen molar-refractivity contribution in [2.24, 2.45) is 0 Å². The predicted octanol–water partition coefficient (Wildman–Crippen LogP) is 1.54. The van der Waals surface area contributed by atoms with E-state index in [4.69, 9.17) is 0 Å². The van der Waals surface area contributed by atoms with E-state index in [2.05, 4.69) is 22.5 Å². The lowest BCUT2D eigenvalue weighted by molar-refractivity contribution is -0.119. The number of carbonyl (C=O) groups excluding carboxylic acids is 2. The molecule has 0 bridgehead atoms. The molecule has 0 aliphatic carbocycles. The molecule has 108 valence electrons. The summed E-state index contributed by atoms with van der Waals surface area (Å²) < 4.78 is 0. The van der Waals surface area contributed by atoms with E-state index in [0.717, 1.165) is 5.69 Å². The van der Waals surface area contributed by atoms with Gasteiger partial charge in [-0.25, -0.2) is 0 Å². The van der Waals surface area contributed by atoms with Gasteiger partial charge in [0.15, 0.2) is 0 Å².